The number of benzene rings is 3. The normalized spacial score (nSPS) is 12.5. The SMILES string of the molecule is O=C(OCC(=O)c1ccc2c(c1)OCO2)/C(=C/c1ccc(OC(F)F)cc1)c1ccccc1. The number of ether oxygens (including phenoxy) is 4. The van der Waals surface area contributed by atoms with E-state index in [1.165, 1.54) is 30.3 Å². The van der Waals surface area contributed by atoms with E-state index in [1.807, 2.05) is 0 Å². The first-order valence-electron chi connectivity index (χ1n) is 9.91. The van der Waals surface area contributed by atoms with Gasteiger partial charge in [-0.05, 0) is 47.5 Å². The van der Waals surface area contributed by atoms with Crippen LogP contribution in [0, 0.1) is 0 Å². The maximum Gasteiger partial charge on any atom is 0.387 e. The highest BCUT2D eigenvalue weighted by Crippen LogP contribution is 2.32. The number of carbonyl (C=O) groups excluding carboxylic acids is 2. The molecule has 0 saturated heterocycles. The smallest absolute Gasteiger partial charge is 0.387 e. The lowest BCUT2D eigenvalue weighted by Gasteiger charge is -2.10. The Hall–Kier alpha value is -4.20. The van der Waals surface area contributed by atoms with Crippen LogP contribution in [0.2, 0.25) is 0 Å². The number of halogens is 2. The van der Waals surface area contributed by atoms with Gasteiger partial charge in [0.05, 0.1) is 5.57 Å². The van der Waals surface area contributed by atoms with Gasteiger partial charge in [-0.25, -0.2) is 4.79 Å². The number of fused-ring (bicyclic) bond motifs is 1. The molecule has 3 aromatic rings. The first-order chi connectivity index (χ1) is 16.0. The molecular weight excluding hydrogens is 434 g/mol. The Balaban J connectivity index is 1.50. The van der Waals surface area contributed by atoms with Crippen molar-refractivity contribution in [3.8, 4) is 17.2 Å². The molecule has 0 aromatic heterocycles. The summed E-state index contributed by atoms with van der Waals surface area (Å²) in [5, 5.41) is 0. The molecule has 0 N–H and O–H groups in total. The maximum atomic E-state index is 12.9. The van der Waals surface area contributed by atoms with Crippen LogP contribution in [0.1, 0.15) is 21.5 Å². The second-order valence-corrected chi connectivity index (χ2v) is 6.94. The molecule has 8 heteroatoms. The van der Waals surface area contributed by atoms with Crippen LogP contribution in [0.5, 0.6) is 17.2 Å². The molecule has 4 rings (SSSR count). The minimum absolute atomic E-state index is 0.000287. The fraction of sp³-hybridized carbons (Fsp3) is 0.120. The zero-order valence-electron chi connectivity index (χ0n) is 17.2. The number of hydrogen-bond donors (Lipinski definition) is 0. The Kier molecular flexibility index (Phi) is 6.64. The highest BCUT2D eigenvalue weighted by Gasteiger charge is 2.19. The first kappa shape index (κ1) is 22.0. The Labute approximate surface area is 188 Å². The summed E-state index contributed by atoms with van der Waals surface area (Å²) < 4.78 is 44.8. The van der Waals surface area contributed by atoms with Crippen LogP contribution in [-0.4, -0.2) is 31.8 Å². The summed E-state index contributed by atoms with van der Waals surface area (Å²) in [4.78, 5) is 25.4. The number of Topliss-reactive ketones (excluding diaryl/α,β-unsaturated/α-hetero) is 1. The second kappa shape index (κ2) is 9.95. The summed E-state index contributed by atoms with van der Waals surface area (Å²) in [6.45, 7) is -3.31. The summed E-state index contributed by atoms with van der Waals surface area (Å²) in [5.74, 6) is -0.106. The molecule has 0 spiro atoms. The molecule has 0 radical (unpaired) electrons. The van der Waals surface area contributed by atoms with Crippen LogP contribution in [0.4, 0.5) is 8.78 Å². The number of carbonyl (C=O) groups is 2. The molecule has 0 amide bonds. The fourth-order valence-electron chi connectivity index (χ4n) is 3.15. The van der Waals surface area contributed by atoms with Crippen molar-refractivity contribution >= 4 is 23.4 Å². The minimum atomic E-state index is -2.93. The fourth-order valence-corrected chi connectivity index (χ4v) is 3.15. The zero-order valence-corrected chi connectivity index (χ0v) is 17.2. The Morgan fingerprint density at radius 3 is 2.36 bits per heavy atom. The zero-order chi connectivity index (χ0) is 23.2. The third-order valence-corrected chi connectivity index (χ3v) is 4.75. The summed E-state index contributed by atoms with van der Waals surface area (Å²) >= 11 is 0. The lowest BCUT2D eigenvalue weighted by molar-refractivity contribution is -0.135. The maximum absolute atomic E-state index is 12.9. The molecule has 1 heterocycles. The van der Waals surface area contributed by atoms with E-state index in [1.54, 1.807) is 48.5 Å². The summed E-state index contributed by atoms with van der Waals surface area (Å²) in [6, 6.07) is 19.3. The topological polar surface area (TPSA) is 71.1 Å². The molecule has 33 heavy (non-hydrogen) atoms. The molecule has 0 atom stereocenters. The Morgan fingerprint density at radius 1 is 0.909 bits per heavy atom. The molecule has 1 aliphatic rings. The summed E-state index contributed by atoms with van der Waals surface area (Å²) in [6.07, 6.45) is 1.55. The standard InChI is InChI=1S/C25H18F2O6/c26-25(27)33-19-9-6-16(7-10-19)12-20(17-4-2-1-3-5-17)24(29)30-14-21(28)18-8-11-22-23(13-18)32-15-31-22/h1-13,25H,14-15H2/b20-12+. The van der Waals surface area contributed by atoms with Gasteiger partial charge in [0.2, 0.25) is 6.79 Å². The molecule has 0 fully saturated rings. The number of ketones is 1. The van der Waals surface area contributed by atoms with Crippen LogP contribution < -0.4 is 14.2 Å². The van der Waals surface area contributed by atoms with Crippen molar-refractivity contribution < 1.29 is 37.3 Å². The van der Waals surface area contributed by atoms with Gasteiger partial charge in [0, 0.05) is 5.56 Å². The average Bonchev–Trinajstić information content (AvgIpc) is 3.30. The highest BCUT2D eigenvalue weighted by atomic mass is 19.3. The lowest BCUT2D eigenvalue weighted by Crippen LogP contribution is -2.15. The highest BCUT2D eigenvalue weighted by molar-refractivity contribution is 6.22. The van der Waals surface area contributed by atoms with E-state index in [-0.39, 0.29) is 18.1 Å². The van der Waals surface area contributed by atoms with E-state index in [9.17, 15) is 18.4 Å². The van der Waals surface area contributed by atoms with Crippen LogP contribution in [-0.2, 0) is 9.53 Å². The molecule has 168 valence electrons. The van der Waals surface area contributed by atoms with Gasteiger partial charge in [0.25, 0.3) is 0 Å². The van der Waals surface area contributed by atoms with Crippen molar-refractivity contribution in [1.29, 1.82) is 0 Å². The second-order valence-electron chi connectivity index (χ2n) is 6.94. The van der Waals surface area contributed by atoms with Crippen molar-refractivity contribution in [3.63, 3.8) is 0 Å². The summed E-state index contributed by atoms with van der Waals surface area (Å²) in [7, 11) is 0. The van der Waals surface area contributed by atoms with Gasteiger partial charge in [-0.3, -0.25) is 4.79 Å². The third kappa shape index (κ3) is 5.54. The van der Waals surface area contributed by atoms with Gasteiger partial charge in [0.1, 0.15) is 5.75 Å². The number of hydrogen-bond acceptors (Lipinski definition) is 6. The Morgan fingerprint density at radius 2 is 1.64 bits per heavy atom. The number of esters is 1. The van der Waals surface area contributed by atoms with Gasteiger partial charge in [-0.15, -0.1) is 0 Å². The monoisotopic (exact) mass is 452 g/mol. The predicted octanol–water partition coefficient (Wildman–Crippen LogP) is 4.98. The van der Waals surface area contributed by atoms with Gasteiger partial charge >= 0.3 is 12.6 Å². The van der Waals surface area contributed by atoms with Crippen molar-refractivity contribution in [3.05, 3.63) is 89.5 Å². The van der Waals surface area contributed by atoms with Crippen LogP contribution in [0.3, 0.4) is 0 Å². The van der Waals surface area contributed by atoms with Crippen LogP contribution in [0.25, 0.3) is 11.6 Å². The quantitative estimate of drug-likeness (QED) is 0.208. The van der Waals surface area contributed by atoms with Crippen LogP contribution >= 0.6 is 0 Å². The predicted molar refractivity (Wildman–Crippen MR) is 115 cm³/mol. The molecule has 0 bridgehead atoms. The van der Waals surface area contributed by atoms with E-state index in [0.717, 1.165) is 0 Å². The number of alkyl halides is 2. The van der Waals surface area contributed by atoms with Crippen molar-refractivity contribution in [2.24, 2.45) is 0 Å². The van der Waals surface area contributed by atoms with E-state index >= 15 is 0 Å². The van der Waals surface area contributed by atoms with Gasteiger partial charge in [-0.2, -0.15) is 8.78 Å². The van der Waals surface area contributed by atoms with E-state index < -0.39 is 25.0 Å². The van der Waals surface area contributed by atoms with E-state index in [0.29, 0.717) is 28.2 Å². The number of rotatable bonds is 8. The largest absolute Gasteiger partial charge is 0.454 e. The molecular formula is C25H18F2O6. The molecule has 3 aromatic carbocycles. The van der Waals surface area contributed by atoms with Crippen molar-refractivity contribution in [2.75, 3.05) is 13.4 Å². The molecule has 0 unspecified atom stereocenters. The lowest BCUT2D eigenvalue weighted by atomic mass is 10.0. The van der Waals surface area contributed by atoms with Crippen molar-refractivity contribution in [1.82, 2.24) is 0 Å². The molecule has 0 aliphatic carbocycles. The van der Waals surface area contributed by atoms with E-state index in [2.05, 4.69) is 4.74 Å². The molecule has 6 nitrogen and oxygen atoms in total. The van der Waals surface area contributed by atoms with Crippen molar-refractivity contribution in [2.45, 2.75) is 6.61 Å². The van der Waals surface area contributed by atoms with Gasteiger partial charge in [-0.1, -0.05) is 42.5 Å². The first-order valence-corrected chi connectivity index (χ1v) is 9.91. The van der Waals surface area contributed by atoms with Gasteiger partial charge < -0.3 is 18.9 Å². The Bertz CT molecular complexity index is 1170. The molecule has 1 aliphatic heterocycles. The minimum Gasteiger partial charge on any atom is -0.454 e. The van der Waals surface area contributed by atoms with Crippen LogP contribution in [0.15, 0.2) is 72.8 Å². The third-order valence-electron chi connectivity index (χ3n) is 4.75. The summed E-state index contributed by atoms with van der Waals surface area (Å²) in [5.41, 5.74) is 1.67. The van der Waals surface area contributed by atoms with E-state index in [4.69, 9.17) is 14.2 Å². The average molecular weight is 452 g/mol. The molecule has 0 saturated carbocycles. The van der Waals surface area contributed by atoms with Gasteiger partial charge in [0.15, 0.2) is 23.9 Å².